The van der Waals surface area contributed by atoms with E-state index in [2.05, 4.69) is 6.92 Å². The lowest BCUT2D eigenvalue weighted by molar-refractivity contribution is -0.384. The van der Waals surface area contributed by atoms with Gasteiger partial charge >= 0.3 is 5.97 Å². The molecule has 1 aromatic rings. The molecule has 25 heavy (non-hydrogen) atoms. The molecule has 1 N–H and O–H groups in total. The van der Waals surface area contributed by atoms with Gasteiger partial charge in [0.2, 0.25) is 0 Å². The van der Waals surface area contributed by atoms with E-state index in [0.717, 1.165) is 12.8 Å². The Bertz CT molecular complexity index is 694. The van der Waals surface area contributed by atoms with E-state index in [-0.39, 0.29) is 17.9 Å². The van der Waals surface area contributed by atoms with Gasteiger partial charge in [-0.1, -0.05) is 6.92 Å². The molecule has 1 amide bonds. The van der Waals surface area contributed by atoms with E-state index in [1.54, 1.807) is 0 Å². The molecule has 1 spiro atoms. The van der Waals surface area contributed by atoms with Crippen molar-refractivity contribution in [3.05, 3.63) is 39.9 Å². The second-order valence-corrected chi connectivity index (χ2v) is 6.77. The minimum atomic E-state index is -1.11. The summed E-state index contributed by atoms with van der Waals surface area (Å²) in [4.78, 5) is 36.2. The fourth-order valence-corrected chi connectivity index (χ4v) is 3.63. The van der Waals surface area contributed by atoms with Gasteiger partial charge in [0.1, 0.15) is 5.72 Å². The third-order valence-electron chi connectivity index (χ3n) is 5.15. The van der Waals surface area contributed by atoms with Crippen LogP contribution in [0, 0.1) is 16.0 Å². The Kier molecular flexibility index (Phi) is 4.47. The van der Waals surface area contributed by atoms with Gasteiger partial charge in [-0.05, 0) is 43.7 Å². The van der Waals surface area contributed by atoms with Gasteiger partial charge in [0.05, 0.1) is 11.5 Å². The maximum absolute atomic E-state index is 13.0. The summed E-state index contributed by atoms with van der Waals surface area (Å²) in [6.07, 6.45) is 2.90. The van der Waals surface area contributed by atoms with Crippen molar-refractivity contribution in [2.24, 2.45) is 5.92 Å². The number of amides is 1. The molecule has 1 aliphatic heterocycles. The lowest BCUT2D eigenvalue weighted by Gasteiger charge is -2.42. The number of nitro benzene ring substituents is 1. The molecule has 0 aromatic heterocycles. The first-order valence-electron chi connectivity index (χ1n) is 8.29. The average Bonchev–Trinajstić information content (AvgIpc) is 2.96. The van der Waals surface area contributed by atoms with Crippen LogP contribution in [0.3, 0.4) is 0 Å². The molecular formula is C17H20N2O6. The van der Waals surface area contributed by atoms with E-state index in [9.17, 15) is 24.8 Å². The SMILES string of the molecule is CC1CCC2(CC1)OC[C@H](C(=O)O)N2C(=O)c1ccc([N+](=O)[O-])cc1. The van der Waals surface area contributed by atoms with Crippen LogP contribution in [0.2, 0.25) is 0 Å². The molecule has 2 fully saturated rings. The number of carboxylic acids is 1. The molecule has 1 saturated carbocycles. The molecule has 8 nitrogen and oxygen atoms in total. The molecule has 0 unspecified atom stereocenters. The number of nitro groups is 1. The minimum absolute atomic E-state index is 0.0393. The second kappa shape index (κ2) is 6.44. The normalized spacial score (nSPS) is 28.9. The molecule has 2 aliphatic rings. The summed E-state index contributed by atoms with van der Waals surface area (Å²) in [5.41, 5.74) is -0.792. The van der Waals surface area contributed by atoms with Crippen molar-refractivity contribution in [1.29, 1.82) is 0 Å². The first kappa shape index (κ1) is 17.3. The second-order valence-electron chi connectivity index (χ2n) is 6.77. The number of carboxylic acid groups (broad SMARTS) is 1. The van der Waals surface area contributed by atoms with Gasteiger partial charge in [0.25, 0.3) is 11.6 Å². The number of aliphatic carboxylic acids is 1. The highest BCUT2D eigenvalue weighted by atomic mass is 16.6. The van der Waals surface area contributed by atoms with Crippen molar-refractivity contribution < 1.29 is 24.4 Å². The highest BCUT2D eigenvalue weighted by Crippen LogP contribution is 2.43. The number of benzene rings is 1. The van der Waals surface area contributed by atoms with Crippen molar-refractivity contribution in [2.45, 2.75) is 44.4 Å². The van der Waals surface area contributed by atoms with Gasteiger partial charge in [0.15, 0.2) is 6.04 Å². The number of hydrogen-bond donors (Lipinski definition) is 1. The van der Waals surface area contributed by atoms with E-state index in [4.69, 9.17) is 4.74 Å². The predicted molar refractivity (Wildman–Crippen MR) is 87.0 cm³/mol. The van der Waals surface area contributed by atoms with Crippen LogP contribution in [0.25, 0.3) is 0 Å². The quantitative estimate of drug-likeness (QED) is 0.663. The van der Waals surface area contributed by atoms with Gasteiger partial charge < -0.3 is 9.84 Å². The van der Waals surface area contributed by atoms with Crippen LogP contribution in [0.1, 0.15) is 43.0 Å². The Balaban J connectivity index is 1.92. The monoisotopic (exact) mass is 348 g/mol. The van der Waals surface area contributed by atoms with Gasteiger partial charge in [-0.3, -0.25) is 19.8 Å². The molecule has 134 valence electrons. The zero-order valence-corrected chi connectivity index (χ0v) is 13.9. The molecule has 1 aromatic carbocycles. The molecule has 1 saturated heterocycles. The summed E-state index contributed by atoms with van der Waals surface area (Å²) in [5.74, 6) is -1.06. The summed E-state index contributed by atoms with van der Waals surface area (Å²) in [6, 6.07) is 4.16. The largest absolute Gasteiger partial charge is 0.480 e. The molecule has 0 radical (unpaired) electrons. The van der Waals surface area contributed by atoms with E-state index >= 15 is 0 Å². The number of carbonyl (C=O) groups is 2. The maximum atomic E-state index is 13.0. The number of rotatable bonds is 3. The molecule has 8 heteroatoms. The molecule has 1 aliphatic carbocycles. The van der Waals surface area contributed by atoms with E-state index in [1.807, 2.05) is 0 Å². The van der Waals surface area contributed by atoms with Crippen LogP contribution < -0.4 is 0 Å². The van der Waals surface area contributed by atoms with E-state index < -0.39 is 28.6 Å². The minimum Gasteiger partial charge on any atom is -0.480 e. The summed E-state index contributed by atoms with van der Waals surface area (Å²) in [6.45, 7) is 2.08. The summed E-state index contributed by atoms with van der Waals surface area (Å²) in [7, 11) is 0. The van der Waals surface area contributed by atoms with Crippen LogP contribution >= 0.6 is 0 Å². The third-order valence-corrected chi connectivity index (χ3v) is 5.15. The Hall–Kier alpha value is -2.48. The first-order valence-corrected chi connectivity index (χ1v) is 8.29. The highest BCUT2D eigenvalue weighted by Gasteiger charge is 2.53. The van der Waals surface area contributed by atoms with Crippen LogP contribution in [0.15, 0.2) is 24.3 Å². The third kappa shape index (κ3) is 3.09. The summed E-state index contributed by atoms with van der Waals surface area (Å²) >= 11 is 0. The number of ether oxygens (including phenoxy) is 1. The Morgan fingerprint density at radius 2 is 1.88 bits per heavy atom. The fourth-order valence-electron chi connectivity index (χ4n) is 3.63. The van der Waals surface area contributed by atoms with Crippen molar-refractivity contribution in [2.75, 3.05) is 6.61 Å². The fraction of sp³-hybridized carbons (Fsp3) is 0.529. The predicted octanol–water partition coefficient (Wildman–Crippen LogP) is 2.43. The smallest absolute Gasteiger partial charge is 0.328 e. The van der Waals surface area contributed by atoms with Gasteiger partial charge in [-0.15, -0.1) is 0 Å². The van der Waals surface area contributed by atoms with Gasteiger partial charge in [0, 0.05) is 17.7 Å². The number of carbonyl (C=O) groups excluding carboxylic acids is 1. The number of hydrogen-bond acceptors (Lipinski definition) is 5. The van der Waals surface area contributed by atoms with Crippen molar-refractivity contribution >= 4 is 17.6 Å². The standard InChI is InChI=1S/C17H20N2O6/c1-11-6-8-17(9-7-11)18(14(10-25-17)16(21)22)15(20)12-2-4-13(5-3-12)19(23)24/h2-5,11,14H,6-10H2,1H3,(H,21,22)/t11?,14-,17?/m1/s1. The summed E-state index contributed by atoms with van der Waals surface area (Å²) in [5, 5.41) is 20.3. The van der Waals surface area contributed by atoms with Crippen molar-refractivity contribution in [3.8, 4) is 0 Å². The zero-order valence-electron chi connectivity index (χ0n) is 13.9. The summed E-state index contributed by atoms with van der Waals surface area (Å²) < 4.78 is 5.84. The van der Waals surface area contributed by atoms with Crippen LogP contribution in [-0.2, 0) is 9.53 Å². The van der Waals surface area contributed by atoms with Crippen LogP contribution in [0.4, 0.5) is 5.69 Å². The lowest BCUT2D eigenvalue weighted by atomic mass is 9.83. The molecule has 0 bridgehead atoms. The molecular weight excluding hydrogens is 328 g/mol. The van der Waals surface area contributed by atoms with Crippen LogP contribution in [-0.4, -0.2) is 45.2 Å². The molecule has 1 atom stereocenters. The Labute approximate surface area is 144 Å². The van der Waals surface area contributed by atoms with E-state index in [1.165, 1.54) is 29.2 Å². The Morgan fingerprint density at radius 1 is 1.28 bits per heavy atom. The maximum Gasteiger partial charge on any atom is 0.328 e. The highest BCUT2D eigenvalue weighted by molar-refractivity contribution is 5.97. The molecule has 1 heterocycles. The van der Waals surface area contributed by atoms with Crippen molar-refractivity contribution in [1.82, 2.24) is 4.90 Å². The number of non-ortho nitro benzene ring substituents is 1. The topological polar surface area (TPSA) is 110 Å². The van der Waals surface area contributed by atoms with Crippen molar-refractivity contribution in [3.63, 3.8) is 0 Å². The number of nitrogens with zero attached hydrogens (tertiary/aromatic N) is 2. The van der Waals surface area contributed by atoms with E-state index in [0.29, 0.717) is 18.8 Å². The zero-order chi connectivity index (χ0) is 18.2. The van der Waals surface area contributed by atoms with Gasteiger partial charge in [-0.25, -0.2) is 4.79 Å². The molecule has 3 rings (SSSR count). The Morgan fingerprint density at radius 3 is 2.40 bits per heavy atom. The average molecular weight is 348 g/mol. The van der Waals surface area contributed by atoms with Crippen LogP contribution in [0.5, 0.6) is 0 Å². The lowest BCUT2D eigenvalue weighted by Crippen LogP contribution is -2.55. The first-order chi connectivity index (χ1) is 11.8. The van der Waals surface area contributed by atoms with Gasteiger partial charge in [-0.2, -0.15) is 0 Å².